The number of aryl methyl sites for hydroxylation is 1. The minimum Gasteiger partial charge on any atom is -0.493 e. The van der Waals surface area contributed by atoms with Crippen molar-refractivity contribution in [1.29, 1.82) is 0 Å². The molecule has 3 N–H and O–H groups in total. The van der Waals surface area contributed by atoms with Gasteiger partial charge in [-0.15, -0.1) is 0 Å². The van der Waals surface area contributed by atoms with Gasteiger partial charge in [-0.05, 0) is 54.8 Å². The second kappa shape index (κ2) is 4.80. The molecular formula is C15H15FN2O. The zero-order valence-electron chi connectivity index (χ0n) is 10.4. The van der Waals surface area contributed by atoms with Crippen molar-refractivity contribution in [3.63, 3.8) is 0 Å². The number of nitrogen functional groups attached to an aromatic ring is 1. The fourth-order valence-corrected chi connectivity index (χ4v) is 2.23. The first kappa shape index (κ1) is 11.8. The summed E-state index contributed by atoms with van der Waals surface area (Å²) in [7, 11) is 0. The monoisotopic (exact) mass is 258 g/mol. The van der Waals surface area contributed by atoms with Gasteiger partial charge in [-0.3, -0.25) is 0 Å². The zero-order chi connectivity index (χ0) is 13.2. The molecule has 0 spiro atoms. The maximum absolute atomic E-state index is 13.2. The summed E-state index contributed by atoms with van der Waals surface area (Å²) in [5.74, 6) is 0.627. The minimum absolute atomic E-state index is 0.307. The quantitative estimate of drug-likeness (QED) is 0.811. The van der Waals surface area contributed by atoms with Gasteiger partial charge in [-0.1, -0.05) is 0 Å². The Morgan fingerprint density at radius 1 is 1.16 bits per heavy atom. The molecule has 98 valence electrons. The molecule has 0 bridgehead atoms. The molecule has 0 saturated carbocycles. The molecule has 0 saturated heterocycles. The molecular weight excluding hydrogens is 243 g/mol. The molecule has 4 heteroatoms. The van der Waals surface area contributed by atoms with Crippen LogP contribution in [0, 0.1) is 5.82 Å². The number of anilines is 3. The number of benzene rings is 2. The van der Waals surface area contributed by atoms with Crippen LogP contribution in [0.3, 0.4) is 0 Å². The summed E-state index contributed by atoms with van der Waals surface area (Å²) in [4.78, 5) is 0. The van der Waals surface area contributed by atoms with Crippen LogP contribution in [0.5, 0.6) is 5.75 Å². The minimum atomic E-state index is -0.307. The van der Waals surface area contributed by atoms with E-state index in [0.29, 0.717) is 11.4 Å². The molecule has 2 aromatic carbocycles. The highest BCUT2D eigenvalue weighted by atomic mass is 19.1. The predicted octanol–water partition coefficient (Wildman–Crippen LogP) is 3.48. The van der Waals surface area contributed by atoms with Gasteiger partial charge in [0, 0.05) is 5.69 Å². The first-order chi connectivity index (χ1) is 9.22. The molecule has 0 aliphatic carbocycles. The molecule has 1 heterocycles. The smallest absolute Gasteiger partial charge is 0.125 e. The van der Waals surface area contributed by atoms with Crippen molar-refractivity contribution in [2.24, 2.45) is 0 Å². The van der Waals surface area contributed by atoms with Crippen molar-refractivity contribution in [3.8, 4) is 5.75 Å². The molecule has 1 aliphatic heterocycles. The van der Waals surface area contributed by atoms with E-state index in [1.165, 1.54) is 17.7 Å². The Hall–Kier alpha value is -2.23. The number of nitrogens with one attached hydrogen (secondary N) is 1. The maximum atomic E-state index is 13.2. The Bertz CT molecular complexity index is 613. The molecule has 19 heavy (non-hydrogen) atoms. The number of rotatable bonds is 2. The lowest BCUT2D eigenvalue weighted by Crippen LogP contribution is -2.08. The van der Waals surface area contributed by atoms with E-state index in [-0.39, 0.29) is 5.82 Å². The summed E-state index contributed by atoms with van der Waals surface area (Å²) in [5.41, 5.74) is 8.99. The van der Waals surface area contributed by atoms with Crippen molar-refractivity contribution in [2.45, 2.75) is 12.8 Å². The summed E-state index contributed by atoms with van der Waals surface area (Å²) in [5, 5.41) is 3.14. The third-order valence-electron chi connectivity index (χ3n) is 3.20. The van der Waals surface area contributed by atoms with Gasteiger partial charge in [0.05, 0.1) is 18.0 Å². The molecule has 1 aliphatic rings. The summed E-state index contributed by atoms with van der Waals surface area (Å²) in [6, 6.07) is 10.2. The molecule has 0 aromatic heterocycles. The highest BCUT2D eigenvalue weighted by Crippen LogP contribution is 2.30. The van der Waals surface area contributed by atoms with Gasteiger partial charge in [0.15, 0.2) is 0 Å². The van der Waals surface area contributed by atoms with Crippen molar-refractivity contribution in [3.05, 3.63) is 47.8 Å². The number of hydrogen-bond donors (Lipinski definition) is 2. The highest BCUT2D eigenvalue weighted by Gasteiger charge is 2.11. The number of nitrogens with two attached hydrogens (primary N) is 1. The Morgan fingerprint density at radius 3 is 2.95 bits per heavy atom. The molecule has 0 fully saturated rings. The van der Waals surface area contributed by atoms with Gasteiger partial charge in [0.25, 0.3) is 0 Å². The van der Waals surface area contributed by atoms with E-state index in [0.717, 1.165) is 30.9 Å². The van der Waals surface area contributed by atoms with Gasteiger partial charge in [0.2, 0.25) is 0 Å². The molecule has 3 nitrogen and oxygen atoms in total. The molecule has 0 amide bonds. The third kappa shape index (κ3) is 2.47. The number of halogens is 1. The second-order valence-electron chi connectivity index (χ2n) is 4.63. The first-order valence-electron chi connectivity index (χ1n) is 6.30. The van der Waals surface area contributed by atoms with Gasteiger partial charge < -0.3 is 15.8 Å². The molecule has 0 atom stereocenters. The first-order valence-corrected chi connectivity index (χ1v) is 6.30. The summed E-state index contributed by atoms with van der Waals surface area (Å²) < 4.78 is 18.8. The summed E-state index contributed by atoms with van der Waals surface area (Å²) >= 11 is 0. The molecule has 2 aromatic rings. The second-order valence-corrected chi connectivity index (χ2v) is 4.63. The van der Waals surface area contributed by atoms with Crippen LogP contribution in [0.25, 0.3) is 0 Å². The lowest BCUT2D eigenvalue weighted by molar-refractivity contribution is 0.288. The van der Waals surface area contributed by atoms with Gasteiger partial charge in [-0.25, -0.2) is 4.39 Å². The number of ether oxygens (including phenoxy) is 1. The van der Waals surface area contributed by atoms with Crippen LogP contribution >= 0.6 is 0 Å². The van der Waals surface area contributed by atoms with E-state index in [4.69, 9.17) is 10.5 Å². The Kier molecular flexibility index (Phi) is 2.99. The fraction of sp³-hybridized carbons (Fsp3) is 0.200. The van der Waals surface area contributed by atoms with Crippen LogP contribution in [0.1, 0.15) is 12.0 Å². The Balaban J connectivity index is 1.89. The van der Waals surface area contributed by atoms with Crippen molar-refractivity contribution in [1.82, 2.24) is 0 Å². The Labute approximate surface area is 111 Å². The van der Waals surface area contributed by atoms with E-state index in [1.54, 1.807) is 6.07 Å². The SMILES string of the molecule is Nc1ccc(F)cc1Nc1ccc2c(c1)CCCO2. The lowest BCUT2D eigenvalue weighted by atomic mass is 10.1. The molecule has 0 radical (unpaired) electrons. The maximum Gasteiger partial charge on any atom is 0.125 e. The van der Waals surface area contributed by atoms with Crippen LogP contribution in [-0.4, -0.2) is 6.61 Å². The number of hydrogen-bond acceptors (Lipinski definition) is 3. The van der Waals surface area contributed by atoms with E-state index in [2.05, 4.69) is 5.32 Å². The standard InChI is InChI=1S/C15H15FN2O/c16-11-3-5-13(17)14(9-11)18-12-4-6-15-10(8-12)2-1-7-19-15/h3-6,8-9,18H,1-2,7,17H2. The van der Waals surface area contributed by atoms with E-state index < -0.39 is 0 Å². The van der Waals surface area contributed by atoms with Gasteiger partial charge in [0.1, 0.15) is 11.6 Å². The zero-order valence-corrected chi connectivity index (χ0v) is 10.4. The normalized spacial score (nSPS) is 13.5. The Morgan fingerprint density at radius 2 is 2.05 bits per heavy atom. The van der Waals surface area contributed by atoms with Crippen molar-refractivity contribution >= 4 is 17.1 Å². The summed E-state index contributed by atoms with van der Waals surface area (Å²) in [6.07, 6.45) is 2.03. The van der Waals surface area contributed by atoms with Gasteiger partial charge in [-0.2, -0.15) is 0 Å². The average molecular weight is 258 g/mol. The third-order valence-corrected chi connectivity index (χ3v) is 3.20. The van der Waals surface area contributed by atoms with Crippen LogP contribution in [0.2, 0.25) is 0 Å². The molecule has 0 unspecified atom stereocenters. The van der Waals surface area contributed by atoms with Crippen LogP contribution in [0.4, 0.5) is 21.5 Å². The average Bonchev–Trinajstić information content (AvgIpc) is 2.43. The summed E-state index contributed by atoms with van der Waals surface area (Å²) in [6.45, 7) is 0.774. The highest BCUT2D eigenvalue weighted by molar-refractivity contribution is 5.73. The van der Waals surface area contributed by atoms with Crippen LogP contribution < -0.4 is 15.8 Å². The predicted molar refractivity (Wildman–Crippen MR) is 74.4 cm³/mol. The lowest BCUT2D eigenvalue weighted by Gasteiger charge is -2.18. The van der Waals surface area contributed by atoms with E-state index >= 15 is 0 Å². The van der Waals surface area contributed by atoms with Gasteiger partial charge >= 0.3 is 0 Å². The van der Waals surface area contributed by atoms with Crippen LogP contribution in [-0.2, 0) is 6.42 Å². The van der Waals surface area contributed by atoms with Crippen molar-refractivity contribution < 1.29 is 9.13 Å². The van der Waals surface area contributed by atoms with Crippen molar-refractivity contribution in [2.75, 3.05) is 17.7 Å². The number of fused-ring (bicyclic) bond motifs is 1. The fourth-order valence-electron chi connectivity index (χ4n) is 2.23. The van der Waals surface area contributed by atoms with E-state index in [1.807, 2.05) is 18.2 Å². The topological polar surface area (TPSA) is 47.3 Å². The van der Waals surface area contributed by atoms with E-state index in [9.17, 15) is 4.39 Å². The molecule has 3 rings (SSSR count). The largest absolute Gasteiger partial charge is 0.493 e. The van der Waals surface area contributed by atoms with Crippen LogP contribution in [0.15, 0.2) is 36.4 Å².